The highest BCUT2D eigenvalue weighted by Gasteiger charge is 2.33. The highest BCUT2D eigenvalue weighted by Crippen LogP contribution is 2.36. The van der Waals surface area contributed by atoms with Crippen LogP contribution in [0, 0.1) is 0 Å². The summed E-state index contributed by atoms with van der Waals surface area (Å²) >= 11 is 0.891. The second kappa shape index (κ2) is 4.87. The lowest BCUT2D eigenvalue weighted by molar-refractivity contribution is -0.140. The number of alkyl halides is 3. The van der Waals surface area contributed by atoms with Crippen molar-refractivity contribution in [3.63, 3.8) is 0 Å². The number of fused-ring (bicyclic) bond motifs is 1. The monoisotopic (exact) mass is 315 g/mol. The van der Waals surface area contributed by atoms with Gasteiger partial charge in [0.1, 0.15) is 15.4 Å². The number of rotatable bonds is 2. The summed E-state index contributed by atoms with van der Waals surface area (Å²) in [7, 11) is 0. The van der Waals surface area contributed by atoms with E-state index in [9.17, 15) is 18.0 Å². The molecule has 0 aliphatic heterocycles. The summed E-state index contributed by atoms with van der Waals surface area (Å²) in [6.45, 7) is 0. The van der Waals surface area contributed by atoms with Crippen molar-refractivity contribution in [2.75, 3.05) is 5.73 Å². The molecule has 0 bridgehead atoms. The standard InChI is InChI=1S/C13H12F3N3OS/c14-13(15,16)8-5-4-7-9(17)10(21-12(7)19-8)11(20)18-6-2-1-3-6/h4-6H,1-3,17H2,(H,18,20). The number of anilines is 1. The molecule has 1 amide bonds. The fourth-order valence-electron chi connectivity index (χ4n) is 2.13. The number of nitrogens with one attached hydrogen (secondary N) is 1. The topological polar surface area (TPSA) is 68.0 Å². The van der Waals surface area contributed by atoms with Crippen LogP contribution in [-0.4, -0.2) is 16.9 Å². The SMILES string of the molecule is Nc1c(C(=O)NC2CCC2)sc2nc(C(F)(F)F)ccc12. The second-order valence-electron chi connectivity index (χ2n) is 4.99. The van der Waals surface area contributed by atoms with Crippen molar-refractivity contribution in [3.05, 3.63) is 22.7 Å². The van der Waals surface area contributed by atoms with Crippen molar-refractivity contribution in [2.24, 2.45) is 0 Å². The average Bonchev–Trinajstić information content (AvgIpc) is 2.70. The van der Waals surface area contributed by atoms with E-state index in [1.807, 2.05) is 0 Å². The van der Waals surface area contributed by atoms with Crippen LogP contribution in [0.1, 0.15) is 34.6 Å². The van der Waals surface area contributed by atoms with Crippen LogP contribution < -0.4 is 11.1 Å². The number of carbonyl (C=O) groups excluding carboxylic acids is 1. The molecule has 21 heavy (non-hydrogen) atoms. The molecule has 2 aromatic heterocycles. The van der Waals surface area contributed by atoms with Gasteiger partial charge in [-0.25, -0.2) is 4.98 Å². The fourth-order valence-corrected chi connectivity index (χ4v) is 3.12. The number of halogens is 3. The molecule has 1 saturated carbocycles. The zero-order valence-electron chi connectivity index (χ0n) is 10.8. The van der Waals surface area contributed by atoms with Crippen LogP contribution in [0.2, 0.25) is 0 Å². The quantitative estimate of drug-likeness (QED) is 0.894. The number of hydrogen-bond donors (Lipinski definition) is 2. The first-order valence-electron chi connectivity index (χ1n) is 6.43. The zero-order chi connectivity index (χ0) is 15.2. The van der Waals surface area contributed by atoms with E-state index >= 15 is 0 Å². The smallest absolute Gasteiger partial charge is 0.397 e. The molecule has 3 rings (SSSR count). The number of carbonyl (C=O) groups is 1. The Balaban J connectivity index is 1.96. The summed E-state index contributed by atoms with van der Waals surface area (Å²) in [6, 6.07) is 2.27. The van der Waals surface area contributed by atoms with Crippen molar-refractivity contribution < 1.29 is 18.0 Å². The first-order valence-corrected chi connectivity index (χ1v) is 7.25. The summed E-state index contributed by atoms with van der Waals surface area (Å²) < 4.78 is 37.9. The largest absolute Gasteiger partial charge is 0.433 e. The molecule has 0 aromatic carbocycles. The molecule has 2 heterocycles. The van der Waals surface area contributed by atoms with Gasteiger partial charge in [0.2, 0.25) is 0 Å². The van der Waals surface area contributed by atoms with Gasteiger partial charge < -0.3 is 11.1 Å². The molecule has 0 saturated heterocycles. The fraction of sp³-hybridized carbons (Fsp3) is 0.385. The van der Waals surface area contributed by atoms with Crippen molar-refractivity contribution in [1.29, 1.82) is 0 Å². The minimum absolute atomic E-state index is 0.126. The summed E-state index contributed by atoms with van der Waals surface area (Å²) in [5.74, 6) is -0.339. The van der Waals surface area contributed by atoms with Gasteiger partial charge in [0.15, 0.2) is 0 Å². The molecule has 1 aliphatic rings. The van der Waals surface area contributed by atoms with E-state index in [0.29, 0.717) is 5.39 Å². The highest BCUT2D eigenvalue weighted by molar-refractivity contribution is 7.21. The van der Waals surface area contributed by atoms with Crippen molar-refractivity contribution >= 4 is 33.1 Å². The first kappa shape index (κ1) is 14.1. The van der Waals surface area contributed by atoms with Gasteiger partial charge in [-0.1, -0.05) is 0 Å². The normalized spacial score (nSPS) is 16.0. The molecule has 4 nitrogen and oxygen atoms in total. The highest BCUT2D eigenvalue weighted by atomic mass is 32.1. The van der Waals surface area contributed by atoms with Gasteiger partial charge in [-0.05, 0) is 31.4 Å². The van der Waals surface area contributed by atoms with Crippen molar-refractivity contribution in [2.45, 2.75) is 31.5 Å². The van der Waals surface area contributed by atoms with Crippen LogP contribution in [0.25, 0.3) is 10.2 Å². The molecule has 112 valence electrons. The van der Waals surface area contributed by atoms with Crippen LogP contribution >= 0.6 is 11.3 Å². The molecule has 1 fully saturated rings. The number of thiophene rings is 1. The lowest BCUT2D eigenvalue weighted by atomic mass is 9.93. The minimum atomic E-state index is -4.51. The summed E-state index contributed by atoms with van der Waals surface area (Å²) in [4.78, 5) is 16.0. The summed E-state index contributed by atoms with van der Waals surface area (Å²) in [6.07, 6.45) is -1.59. The lowest BCUT2D eigenvalue weighted by Gasteiger charge is -2.26. The summed E-state index contributed by atoms with van der Waals surface area (Å²) in [5, 5.41) is 3.20. The number of nitrogens with zero attached hydrogens (tertiary/aromatic N) is 1. The van der Waals surface area contributed by atoms with Crippen LogP contribution in [0.4, 0.5) is 18.9 Å². The number of amides is 1. The Morgan fingerprint density at radius 3 is 2.67 bits per heavy atom. The Kier molecular flexibility index (Phi) is 3.27. The maximum Gasteiger partial charge on any atom is 0.433 e. The van der Waals surface area contributed by atoms with Crippen molar-refractivity contribution in [3.8, 4) is 0 Å². The van der Waals surface area contributed by atoms with Gasteiger partial charge in [0.25, 0.3) is 5.91 Å². The molecule has 2 aromatic rings. The van der Waals surface area contributed by atoms with Crippen LogP contribution in [0.5, 0.6) is 0 Å². The molecule has 8 heteroatoms. The third-order valence-electron chi connectivity index (χ3n) is 3.53. The molecule has 3 N–H and O–H groups in total. The van der Waals surface area contributed by atoms with E-state index in [4.69, 9.17) is 5.73 Å². The lowest BCUT2D eigenvalue weighted by Crippen LogP contribution is -2.39. The number of nitrogens with two attached hydrogens (primary N) is 1. The van der Waals surface area contributed by atoms with Crippen LogP contribution in [-0.2, 0) is 6.18 Å². The van der Waals surface area contributed by atoms with Crippen LogP contribution in [0.3, 0.4) is 0 Å². The second-order valence-corrected chi connectivity index (χ2v) is 5.99. The number of hydrogen-bond acceptors (Lipinski definition) is 4. The Morgan fingerprint density at radius 2 is 2.10 bits per heavy atom. The van der Waals surface area contributed by atoms with Gasteiger partial charge >= 0.3 is 6.18 Å². The number of pyridine rings is 1. The molecule has 1 aliphatic carbocycles. The molecule has 0 spiro atoms. The first-order chi connectivity index (χ1) is 9.86. The maximum absolute atomic E-state index is 12.6. The molecule has 0 radical (unpaired) electrons. The van der Waals surface area contributed by atoms with E-state index in [1.165, 1.54) is 6.07 Å². The van der Waals surface area contributed by atoms with Gasteiger partial charge in [0, 0.05) is 11.4 Å². The van der Waals surface area contributed by atoms with Gasteiger partial charge in [-0.15, -0.1) is 11.3 Å². The van der Waals surface area contributed by atoms with E-state index < -0.39 is 11.9 Å². The number of nitrogen functional groups attached to an aromatic ring is 1. The van der Waals surface area contributed by atoms with Gasteiger partial charge in [0.05, 0.1) is 5.69 Å². The Morgan fingerprint density at radius 1 is 1.38 bits per heavy atom. The Hall–Kier alpha value is -1.83. The average molecular weight is 315 g/mol. The van der Waals surface area contributed by atoms with E-state index in [-0.39, 0.29) is 27.3 Å². The Bertz CT molecular complexity index is 706. The number of aromatic nitrogens is 1. The van der Waals surface area contributed by atoms with E-state index in [1.54, 1.807) is 0 Å². The third-order valence-corrected chi connectivity index (χ3v) is 4.64. The Labute approximate surface area is 122 Å². The predicted octanol–water partition coefficient (Wildman–Crippen LogP) is 3.18. The van der Waals surface area contributed by atoms with Crippen molar-refractivity contribution in [1.82, 2.24) is 10.3 Å². The summed E-state index contributed by atoms with van der Waals surface area (Å²) in [5.41, 5.74) is 5.07. The van der Waals surface area contributed by atoms with Crippen LogP contribution in [0.15, 0.2) is 12.1 Å². The zero-order valence-corrected chi connectivity index (χ0v) is 11.6. The van der Waals surface area contributed by atoms with E-state index in [0.717, 1.165) is 36.7 Å². The molecular weight excluding hydrogens is 303 g/mol. The van der Waals surface area contributed by atoms with Gasteiger partial charge in [-0.2, -0.15) is 13.2 Å². The third kappa shape index (κ3) is 2.55. The predicted molar refractivity (Wildman–Crippen MR) is 74.1 cm³/mol. The van der Waals surface area contributed by atoms with Gasteiger partial charge in [-0.3, -0.25) is 4.79 Å². The maximum atomic E-state index is 12.6. The molecular formula is C13H12F3N3OS. The molecule has 0 atom stereocenters. The van der Waals surface area contributed by atoms with E-state index in [2.05, 4.69) is 10.3 Å². The molecule has 0 unspecified atom stereocenters. The minimum Gasteiger partial charge on any atom is -0.397 e.